The Hall–Kier alpha value is -1.19. The van der Waals surface area contributed by atoms with Crippen LogP contribution in [-0.2, 0) is 0 Å². The zero-order valence-electron chi connectivity index (χ0n) is 7.36. The SMILES string of the molecule is C=C(/C=C\C(N)=C/CC)C(F)(F)F. The Morgan fingerprint density at radius 1 is 1.38 bits per heavy atom. The van der Waals surface area contributed by atoms with Crippen molar-refractivity contribution in [1.29, 1.82) is 0 Å². The number of allylic oxidation sites excluding steroid dienone is 4. The van der Waals surface area contributed by atoms with E-state index in [9.17, 15) is 13.2 Å². The van der Waals surface area contributed by atoms with E-state index in [1.807, 2.05) is 6.92 Å². The van der Waals surface area contributed by atoms with E-state index < -0.39 is 11.7 Å². The Morgan fingerprint density at radius 2 is 1.92 bits per heavy atom. The topological polar surface area (TPSA) is 26.0 Å². The predicted octanol–water partition coefficient (Wildman–Crippen LogP) is 2.91. The van der Waals surface area contributed by atoms with Gasteiger partial charge in [-0.05, 0) is 18.6 Å². The summed E-state index contributed by atoms with van der Waals surface area (Å²) in [5.41, 5.74) is 4.75. The summed E-state index contributed by atoms with van der Waals surface area (Å²) in [6.45, 7) is 4.71. The third-order valence-electron chi connectivity index (χ3n) is 1.28. The quantitative estimate of drug-likeness (QED) is 0.682. The molecule has 0 aromatic heterocycles. The van der Waals surface area contributed by atoms with Crippen LogP contribution in [0.5, 0.6) is 0 Å². The van der Waals surface area contributed by atoms with Crippen LogP contribution in [0, 0.1) is 0 Å². The Bertz CT molecular complexity index is 236. The minimum absolute atomic E-state index is 0.313. The molecular formula is C9H12F3N. The summed E-state index contributed by atoms with van der Waals surface area (Å²) in [6.07, 6.45) is -0.00136. The molecule has 0 heterocycles. The smallest absolute Gasteiger partial charge is 0.399 e. The Morgan fingerprint density at radius 3 is 2.31 bits per heavy atom. The highest BCUT2D eigenvalue weighted by Crippen LogP contribution is 2.24. The van der Waals surface area contributed by atoms with Gasteiger partial charge in [-0.25, -0.2) is 0 Å². The van der Waals surface area contributed by atoms with Gasteiger partial charge in [-0.3, -0.25) is 0 Å². The largest absolute Gasteiger partial charge is 0.415 e. The summed E-state index contributed by atoms with van der Waals surface area (Å²) in [5.74, 6) is 0. The van der Waals surface area contributed by atoms with Crippen LogP contribution >= 0.6 is 0 Å². The van der Waals surface area contributed by atoms with Crippen molar-refractivity contribution in [2.24, 2.45) is 5.73 Å². The number of hydrogen-bond donors (Lipinski definition) is 1. The fraction of sp³-hybridized carbons (Fsp3) is 0.333. The number of alkyl halides is 3. The van der Waals surface area contributed by atoms with Crippen LogP contribution in [0.2, 0.25) is 0 Å². The predicted molar refractivity (Wildman–Crippen MR) is 46.9 cm³/mol. The Balaban J connectivity index is 4.30. The van der Waals surface area contributed by atoms with Crippen LogP contribution in [0.1, 0.15) is 13.3 Å². The highest BCUT2D eigenvalue weighted by atomic mass is 19.4. The molecule has 0 aliphatic heterocycles. The average molecular weight is 191 g/mol. The van der Waals surface area contributed by atoms with Crippen LogP contribution in [-0.4, -0.2) is 6.18 Å². The molecule has 0 atom stereocenters. The van der Waals surface area contributed by atoms with Crippen LogP contribution in [0.4, 0.5) is 13.2 Å². The third-order valence-corrected chi connectivity index (χ3v) is 1.28. The molecule has 74 valence electrons. The number of hydrogen-bond acceptors (Lipinski definition) is 1. The zero-order chi connectivity index (χ0) is 10.5. The van der Waals surface area contributed by atoms with Gasteiger partial charge >= 0.3 is 6.18 Å². The van der Waals surface area contributed by atoms with Crippen molar-refractivity contribution in [2.45, 2.75) is 19.5 Å². The summed E-state index contributed by atoms with van der Waals surface area (Å²) >= 11 is 0. The van der Waals surface area contributed by atoms with Gasteiger partial charge in [0, 0.05) is 11.3 Å². The van der Waals surface area contributed by atoms with Crippen molar-refractivity contribution in [2.75, 3.05) is 0 Å². The van der Waals surface area contributed by atoms with E-state index in [2.05, 4.69) is 6.58 Å². The van der Waals surface area contributed by atoms with Crippen molar-refractivity contribution in [3.05, 3.63) is 36.1 Å². The molecule has 1 nitrogen and oxygen atoms in total. The molecule has 2 N–H and O–H groups in total. The second-order valence-electron chi connectivity index (χ2n) is 2.47. The first-order valence-electron chi connectivity index (χ1n) is 3.77. The van der Waals surface area contributed by atoms with E-state index in [1.165, 1.54) is 6.08 Å². The molecule has 0 bridgehead atoms. The molecule has 0 radical (unpaired) electrons. The van der Waals surface area contributed by atoms with E-state index >= 15 is 0 Å². The second-order valence-corrected chi connectivity index (χ2v) is 2.47. The number of halogens is 3. The van der Waals surface area contributed by atoms with Crippen LogP contribution < -0.4 is 5.73 Å². The van der Waals surface area contributed by atoms with Gasteiger partial charge in [0.05, 0.1) is 0 Å². The van der Waals surface area contributed by atoms with E-state index in [1.54, 1.807) is 6.08 Å². The lowest BCUT2D eigenvalue weighted by Gasteiger charge is -2.04. The first kappa shape index (κ1) is 11.8. The molecule has 0 unspecified atom stereocenters. The fourth-order valence-corrected chi connectivity index (χ4v) is 0.595. The summed E-state index contributed by atoms with van der Waals surface area (Å²) in [5, 5.41) is 0. The Kier molecular flexibility index (Phi) is 4.31. The van der Waals surface area contributed by atoms with Crippen LogP contribution in [0.3, 0.4) is 0 Å². The first-order chi connectivity index (χ1) is 5.88. The van der Waals surface area contributed by atoms with Crippen molar-refractivity contribution < 1.29 is 13.2 Å². The van der Waals surface area contributed by atoms with E-state index in [0.29, 0.717) is 12.1 Å². The molecule has 0 aliphatic carbocycles. The van der Waals surface area contributed by atoms with Crippen LogP contribution in [0.25, 0.3) is 0 Å². The third kappa shape index (κ3) is 5.11. The molecule has 0 amide bonds. The standard InChI is InChI=1S/C9H12F3N/c1-3-4-8(13)6-5-7(2)9(10,11)12/h4-6H,2-3,13H2,1H3/b6-5-,8-4+. The van der Waals surface area contributed by atoms with E-state index in [-0.39, 0.29) is 0 Å². The lowest BCUT2D eigenvalue weighted by molar-refractivity contribution is -0.0878. The molecule has 0 aromatic carbocycles. The normalized spacial score (nSPS) is 13.7. The minimum Gasteiger partial charge on any atom is -0.399 e. The van der Waals surface area contributed by atoms with Crippen molar-refractivity contribution in [3.8, 4) is 0 Å². The van der Waals surface area contributed by atoms with Gasteiger partial charge in [0.1, 0.15) is 0 Å². The van der Waals surface area contributed by atoms with Gasteiger partial charge in [0.15, 0.2) is 0 Å². The molecule has 0 aromatic rings. The van der Waals surface area contributed by atoms with Crippen LogP contribution in [0.15, 0.2) is 36.1 Å². The van der Waals surface area contributed by atoms with Gasteiger partial charge in [0.2, 0.25) is 0 Å². The summed E-state index contributed by atoms with van der Waals surface area (Å²) in [4.78, 5) is 0. The molecule has 0 rings (SSSR count). The van der Waals surface area contributed by atoms with Crippen molar-refractivity contribution >= 4 is 0 Å². The highest BCUT2D eigenvalue weighted by molar-refractivity contribution is 5.26. The van der Waals surface area contributed by atoms with E-state index in [4.69, 9.17) is 5.73 Å². The minimum atomic E-state index is -4.37. The first-order valence-corrected chi connectivity index (χ1v) is 3.77. The van der Waals surface area contributed by atoms with Crippen molar-refractivity contribution in [3.63, 3.8) is 0 Å². The van der Waals surface area contributed by atoms with Crippen molar-refractivity contribution in [1.82, 2.24) is 0 Å². The molecule has 0 spiro atoms. The highest BCUT2D eigenvalue weighted by Gasteiger charge is 2.29. The fourth-order valence-electron chi connectivity index (χ4n) is 0.595. The van der Waals surface area contributed by atoms with Gasteiger partial charge in [0.25, 0.3) is 0 Å². The van der Waals surface area contributed by atoms with Gasteiger partial charge < -0.3 is 5.73 Å². The monoisotopic (exact) mass is 191 g/mol. The molecule has 0 fully saturated rings. The second kappa shape index (κ2) is 4.74. The summed E-state index contributed by atoms with van der Waals surface area (Å²) in [6, 6.07) is 0. The molecule has 4 heteroatoms. The maximum absolute atomic E-state index is 11.9. The maximum atomic E-state index is 11.9. The van der Waals surface area contributed by atoms with Gasteiger partial charge in [-0.1, -0.05) is 19.6 Å². The summed E-state index contributed by atoms with van der Waals surface area (Å²) in [7, 11) is 0. The lowest BCUT2D eigenvalue weighted by atomic mass is 10.2. The molecule has 0 aliphatic rings. The number of rotatable bonds is 3. The maximum Gasteiger partial charge on any atom is 0.415 e. The molecule has 13 heavy (non-hydrogen) atoms. The van der Waals surface area contributed by atoms with Gasteiger partial charge in [-0.2, -0.15) is 13.2 Å². The van der Waals surface area contributed by atoms with E-state index in [0.717, 1.165) is 6.08 Å². The average Bonchev–Trinajstić information content (AvgIpc) is 1.99. The molecule has 0 saturated carbocycles. The molecule has 0 saturated heterocycles. The zero-order valence-corrected chi connectivity index (χ0v) is 7.36. The van der Waals surface area contributed by atoms with Gasteiger partial charge in [-0.15, -0.1) is 0 Å². The number of nitrogens with two attached hydrogens (primary N) is 1. The molecular weight excluding hydrogens is 179 g/mol. The lowest BCUT2D eigenvalue weighted by Crippen LogP contribution is -2.08. The summed E-state index contributed by atoms with van der Waals surface area (Å²) < 4.78 is 35.6. The Labute approximate surface area is 75.4 Å².